The molecule has 5 nitrogen and oxygen atoms in total. The Hall–Kier alpha value is -2.61. The number of piperidine rings is 1. The number of nitrogens with zero attached hydrogens (tertiary/aromatic N) is 3. The standard InChI is InChI=1S/C25H22ClN3O2S2/c26-18-11-9-17(10-12-18)20-15-32-23-22(20)24(31)29(19-7-3-1-4-8-19)25(27-23)33-16-21(30)28-13-5-2-6-14-28/h1,3-4,7-12,15H,2,5-6,13-14,16H2. The zero-order chi connectivity index (χ0) is 22.8. The molecule has 0 spiro atoms. The highest BCUT2D eigenvalue weighted by molar-refractivity contribution is 7.99. The first-order chi connectivity index (χ1) is 16.1. The molecule has 1 amide bonds. The molecule has 0 aliphatic carbocycles. The second-order valence-corrected chi connectivity index (χ2v) is 10.2. The fourth-order valence-corrected chi connectivity index (χ4v) is 6.11. The van der Waals surface area contributed by atoms with Crippen molar-refractivity contribution in [2.45, 2.75) is 24.4 Å². The van der Waals surface area contributed by atoms with Crippen LogP contribution in [0.5, 0.6) is 0 Å². The van der Waals surface area contributed by atoms with Crippen LogP contribution in [0.3, 0.4) is 0 Å². The Morgan fingerprint density at radius 3 is 2.48 bits per heavy atom. The number of hydrogen-bond donors (Lipinski definition) is 0. The second-order valence-electron chi connectivity index (χ2n) is 7.94. The first-order valence-corrected chi connectivity index (χ1v) is 13.1. The van der Waals surface area contributed by atoms with Gasteiger partial charge in [0, 0.05) is 29.1 Å². The van der Waals surface area contributed by atoms with Gasteiger partial charge in [0.25, 0.3) is 5.56 Å². The van der Waals surface area contributed by atoms with E-state index < -0.39 is 0 Å². The highest BCUT2D eigenvalue weighted by atomic mass is 35.5. The van der Waals surface area contributed by atoms with Crippen LogP contribution in [0, 0.1) is 0 Å². The van der Waals surface area contributed by atoms with Gasteiger partial charge in [-0.3, -0.25) is 14.2 Å². The Kier molecular flexibility index (Phi) is 6.53. The molecule has 3 heterocycles. The van der Waals surface area contributed by atoms with Crippen LogP contribution in [0.1, 0.15) is 19.3 Å². The summed E-state index contributed by atoms with van der Waals surface area (Å²) in [6.07, 6.45) is 3.28. The number of fused-ring (bicyclic) bond motifs is 1. The molecule has 1 aliphatic rings. The van der Waals surface area contributed by atoms with E-state index in [9.17, 15) is 9.59 Å². The molecule has 0 bridgehead atoms. The molecule has 8 heteroatoms. The molecule has 0 N–H and O–H groups in total. The Morgan fingerprint density at radius 2 is 1.76 bits per heavy atom. The van der Waals surface area contributed by atoms with Crippen molar-refractivity contribution in [3.8, 4) is 16.8 Å². The number of para-hydroxylation sites is 1. The van der Waals surface area contributed by atoms with Crippen LogP contribution in [0.2, 0.25) is 5.02 Å². The summed E-state index contributed by atoms with van der Waals surface area (Å²) in [5.74, 6) is 0.363. The Labute approximate surface area is 205 Å². The minimum absolute atomic E-state index is 0.0988. The number of carbonyl (C=O) groups is 1. The van der Waals surface area contributed by atoms with Crippen LogP contribution in [-0.2, 0) is 4.79 Å². The first-order valence-electron chi connectivity index (χ1n) is 10.9. The Balaban J connectivity index is 1.58. The van der Waals surface area contributed by atoms with E-state index >= 15 is 0 Å². The first kappa shape index (κ1) is 22.2. The van der Waals surface area contributed by atoms with Crippen molar-refractivity contribution in [2.24, 2.45) is 0 Å². The number of likely N-dealkylation sites (tertiary alicyclic amines) is 1. The molecule has 33 heavy (non-hydrogen) atoms. The van der Waals surface area contributed by atoms with Crippen molar-refractivity contribution in [2.75, 3.05) is 18.8 Å². The number of halogens is 1. The quantitative estimate of drug-likeness (QED) is 0.256. The summed E-state index contributed by atoms with van der Waals surface area (Å²) in [5, 5.41) is 3.73. The third-order valence-corrected chi connectivity index (χ3v) is 7.83. The van der Waals surface area contributed by atoms with Gasteiger partial charge < -0.3 is 4.90 Å². The number of thiophene rings is 1. The summed E-state index contributed by atoms with van der Waals surface area (Å²) in [4.78, 5) is 34.0. The summed E-state index contributed by atoms with van der Waals surface area (Å²) < 4.78 is 1.63. The van der Waals surface area contributed by atoms with Crippen molar-refractivity contribution >= 4 is 50.8 Å². The zero-order valence-electron chi connectivity index (χ0n) is 17.9. The predicted molar refractivity (Wildman–Crippen MR) is 137 cm³/mol. The molecule has 1 saturated heterocycles. The van der Waals surface area contributed by atoms with Crippen LogP contribution in [-0.4, -0.2) is 39.2 Å². The highest BCUT2D eigenvalue weighted by Gasteiger charge is 2.21. The van der Waals surface area contributed by atoms with Gasteiger partial charge in [0.15, 0.2) is 5.16 Å². The van der Waals surface area contributed by atoms with Crippen LogP contribution >= 0.6 is 34.7 Å². The molecule has 0 atom stereocenters. The van der Waals surface area contributed by atoms with Crippen LogP contribution in [0.25, 0.3) is 27.0 Å². The summed E-state index contributed by atoms with van der Waals surface area (Å²) >= 11 is 8.83. The normalized spacial score (nSPS) is 14.0. The van der Waals surface area contributed by atoms with Crippen molar-refractivity contribution in [3.05, 3.63) is 75.4 Å². The molecule has 0 saturated carbocycles. The maximum Gasteiger partial charge on any atom is 0.268 e. The number of rotatable bonds is 5. The minimum Gasteiger partial charge on any atom is -0.342 e. The monoisotopic (exact) mass is 495 g/mol. The second kappa shape index (κ2) is 9.71. The molecule has 1 fully saturated rings. The molecule has 4 aromatic rings. The summed E-state index contributed by atoms with van der Waals surface area (Å²) in [5.41, 5.74) is 2.36. The van der Waals surface area contributed by atoms with Gasteiger partial charge in [-0.2, -0.15) is 0 Å². The topological polar surface area (TPSA) is 55.2 Å². The van der Waals surface area contributed by atoms with Crippen molar-refractivity contribution in [1.82, 2.24) is 14.5 Å². The van der Waals surface area contributed by atoms with Crippen molar-refractivity contribution < 1.29 is 4.79 Å². The van der Waals surface area contributed by atoms with E-state index in [0.717, 1.165) is 42.7 Å². The average molecular weight is 496 g/mol. The number of thioether (sulfide) groups is 1. The van der Waals surface area contributed by atoms with Gasteiger partial charge in [-0.25, -0.2) is 4.98 Å². The van der Waals surface area contributed by atoms with Gasteiger partial charge in [-0.15, -0.1) is 11.3 Å². The van der Waals surface area contributed by atoms with Gasteiger partial charge in [-0.05, 0) is 49.1 Å². The fraction of sp³-hybridized carbons (Fsp3) is 0.240. The fourth-order valence-electron chi connectivity index (χ4n) is 4.08. The van der Waals surface area contributed by atoms with Crippen LogP contribution < -0.4 is 5.56 Å². The third-order valence-electron chi connectivity index (χ3n) is 5.78. The summed E-state index contributed by atoms with van der Waals surface area (Å²) in [7, 11) is 0. The predicted octanol–water partition coefficient (Wildman–Crippen LogP) is 5.87. The van der Waals surface area contributed by atoms with Gasteiger partial charge in [0.1, 0.15) is 4.83 Å². The number of amides is 1. The smallest absolute Gasteiger partial charge is 0.268 e. The Morgan fingerprint density at radius 1 is 1.03 bits per heavy atom. The number of aromatic nitrogens is 2. The highest BCUT2D eigenvalue weighted by Crippen LogP contribution is 2.33. The third kappa shape index (κ3) is 4.58. The molecule has 168 valence electrons. The molecule has 1 aliphatic heterocycles. The van der Waals surface area contributed by atoms with E-state index in [1.165, 1.54) is 29.5 Å². The summed E-state index contributed by atoms with van der Waals surface area (Å²) in [6.45, 7) is 1.62. The van der Waals surface area contributed by atoms with Crippen molar-refractivity contribution in [3.63, 3.8) is 0 Å². The van der Waals surface area contributed by atoms with Crippen LogP contribution in [0.4, 0.5) is 0 Å². The molecule has 5 rings (SSSR count). The van der Waals surface area contributed by atoms with E-state index in [-0.39, 0.29) is 17.2 Å². The SMILES string of the molecule is O=C(CSc1nc2scc(-c3ccc(Cl)cc3)c2c(=O)n1-c1ccccc1)N1CCCCC1. The molecule has 2 aromatic heterocycles. The van der Waals surface area contributed by atoms with Gasteiger partial charge in [0.2, 0.25) is 5.91 Å². The lowest BCUT2D eigenvalue weighted by Crippen LogP contribution is -2.36. The lowest BCUT2D eigenvalue weighted by Gasteiger charge is -2.26. The van der Waals surface area contributed by atoms with Gasteiger partial charge in [-0.1, -0.05) is 53.7 Å². The summed E-state index contributed by atoms with van der Waals surface area (Å²) in [6, 6.07) is 16.9. The molecular weight excluding hydrogens is 474 g/mol. The number of carbonyl (C=O) groups excluding carboxylic acids is 1. The molecule has 2 aromatic carbocycles. The van der Waals surface area contributed by atoms with Crippen molar-refractivity contribution in [1.29, 1.82) is 0 Å². The lowest BCUT2D eigenvalue weighted by atomic mass is 10.1. The maximum atomic E-state index is 13.8. The zero-order valence-corrected chi connectivity index (χ0v) is 20.3. The lowest BCUT2D eigenvalue weighted by molar-refractivity contribution is -0.129. The van der Waals surface area contributed by atoms with E-state index in [1.54, 1.807) is 4.57 Å². The maximum absolute atomic E-state index is 13.8. The van der Waals surface area contributed by atoms with E-state index in [4.69, 9.17) is 16.6 Å². The number of benzene rings is 2. The van der Waals surface area contributed by atoms with Gasteiger partial charge >= 0.3 is 0 Å². The van der Waals surface area contributed by atoms with E-state index in [2.05, 4.69) is 0 Å². The van der Waals surface area contributed by atoms with E-state index in [0.29, 0.717) is 20.4 Å². The minimum atomic E-state index is -0.134. The van der Waals surface area contributed by atoms with Gasteiger partial charge in [0.05, 0.1) is 16.8 Å². The Bertz CT molecular complexity index is 1340. The molecule has 0 radical (unpaired) electrons. The molecular formula is C25H22ClN3O2S2. The average Bonchev–Trinajstić information content (AvgIpc) is 3.28. The largest absolute Gasteiger partial charge is 0.342 e. The number of hydrogen-bond acceptors (Lipinski definition) is 5. The van der Waals surface area contributed by atoms with Crippen LogP contribution in [0.15, 0.2) is 69.9 Å². The molecule has 0 unspecified atom stereocenters. The van der Waals surface area contributed by atoms with E-state index in [1.807, 2.05) is 64.9 Å².